The van der Waals surface area contributed by atoms with Gasteiger partial charge in [-0.05, 0) is 32.8 Å². The molecule has 1 atom stereocenters. The van der Waals surface area contributed by atoms with Gasteiger partial charge in [-0.15, -0.1) is 0 Å². The average molecular weight is 277 g/mol. The molecular formula is C16H27N3O. The lowest BCUT2D eigenvalue weighted by Gasteiger charge is -2.18. The van der Waals surface area contributed by atoms with Crippen molar-refractivity contribution in [3.63, 3.8) is 0 Å². The zero-order chi connectivity index (χ0) is 14.8. The van der Waals surface area contributed by atoms with Crippen molar-refractivity contribution in [3.8, 4) is 0 Å². The van der Waals surface area contributed by atoms with Crippen LogP contribution in [0.2, 0.25) is 0 Å². The highest BCUT2D eigenvalue weighted by Crippen LogP contribution is 2.10. The van der Waals surface area contributed by atoms with Gasteiger partial charge in [0, 0.05) is 20.2 Å². The summed E-state index contributed by atoms with van der Waals surface area (Å²) in [5.74, 6) is 0.825. The molecule has 0 aromatic heterocycles. The van der Waals surface area contributed by atoms with Crippen molar-refractivity contribution >= 4 is 5.96 Å². The molecule has 0 spiro atoms. The fourth-order valence-electron chi connectivity index (χ4n) is 1.82. The highest BCUT2D eigenvalue weighted by atomic mass is 16.5. The van der Waals surface area contributed by atoms with E-state index in [1.54, 1.807) is 7.05 Å². The molecular weight excluding hydrogens is 250 g/mol. The van der Waals surface area contributed by atoms with E-state index in [0.717, 1.165) is 25.5 Å². The molecule has 1 aromatic carbocycles. The van der Waals surface area contributed by atoms with Gasteiger partial charge in [0.1, 0.15) is 0 Å². The van der Waals surface area contributed by atoms with Gasteiger partial charge >= 0.3 is 0 Å². The summed E-state index contributed by atoms with van der Waals surface area (Å²) in [7, 11) is 1.79. The molecule has 2 N–H and O–H groups in total. The molecule has 0 bridgehead atoms. The van der Waals surface area contributed by atoms with Crippen LogP contribution in [0.3, 0.4) is 0 Å². The Morgan fingerprint density at radius 3 is 2.50 bits per heavy atom. The van der Waals surface area contributed by atoms with Gasteiger partial charge in [-0.3, -0.25) is 4.99 Å². The molecule has 1 rings (SSSR count). The number of hydrogen-bond acceptors (Lipinski definition) is 2. The first kappa shape index (κ1) is 16.5. The average Bonchev–Trinajstić information content (AvgIpc) is 2.46. The van der Waals surface area contributed by atoms with Gasteiger partial charge in [-0.1, -0.05) is 30.3 Å². The van der Waals surface area contributed by atoms with Crippen molar-refractivity contribution in [2.24, 2.45) is 4.99 Å². The normalized spacial score (nSPS) is 13.3. The van der Waals surface area contributed by atoms with Crippen molar-refractivity contribution in [1.29, 1.82) is 0 Å². The van der Waals surface area contributed by atoms with Crippen LogP contribution in [0.15, 0.2) is 35.3 Å². The third-order valence-corrected chi connectivity index (χ3v) is 2.94. The number of hydrogen-bond donors (Lipinski definition) is 2. The Morgan fingerprint density at radius 1 is 1.20 bits per heavy atom. The topological polar surface area (TPSA) is 45.7 Å². The summed E-state index contributed by atoms with van der Waals surface area (Å²) < 4.78 is 5.51. The molecule has 4 heteroatoms. The quantitative estimate of drug-likeness (QED) is 0.457. The Bertz CT molecular complexity index is 390. The molecule has 0 aliphatic carbocycles. The zero-order valence-corrected chi connectivity index (χ0v) is 13.0. The molecule has 0 heterocycles. The summed E-state index contributed by atoms with van der Waals surface area (Å²) in [6.45, 7) is 7.86. The van der Waals surface area contributed by atoms with Crippen LogP contribution in [-0.2, 0) is 4.74 Å². The van der Waals surface area contributed by atoms with E-state index in [1.807, 2.05) is 18.2 Å². The van der Waals surface area contributed by atoms with Crippen LogP contribution in [0.4, 0.5) is 0 Å². The number of nitrogens with zero attached hydrogens (tertiary/aromatic N) is 1. The number of aliphatic imine (C=N–C) groups is 1. The summed E-state index contributed by atoms with van der Waals surface area (Å²) in [6, 6.07) is 10.6. The van der Waals surface area contributed by atoms with Crippen LogP contribution >= 0.6 is 0 Å². The van der Waals surface area contributed by atoms with E-state index in [1.165, 1.54) is 5.56 Å². The molecule has 112 valence electrons. The molecule has 0 aliphatic heterocycles. The van der Waals surface area contributed by atoms with Crippen LogP contribution in [0.25, 0.3) is 0 Å². The maximum absolute atomic E-state index is 5.51. The minimum Gasteiger partial charge on any atom is -0.379 e. The van der Waals surface area contributed by atoms with Gasteiger partial charge in [-0.25, -0.2) is 0 Å². The minimum absolute atomic E-state index is 0.231. The van der Waals surface area contributed by atoms with Crippen LogP contribution in [0, 0.1) is 0 Å². The van der Waals surface area contributed by atoms with Crippen LogP contribution in [0.5, 0.6) is 0 Å². The van der Waals surface area contributed by atoms with Gasteiger partial charge in [0.25, 0.3) is 0 Å². The Morgan fingerprint density at radius 2 is 1.90 bits per heavy atom. The molecule has 0 saturated carbocycles. The summed E-state index contributed by atoms with van der Waals surface area (Å²) in [5.41, 5.74) is 1.25. The summed E-state index contributed by atoms with van der Waals surface area (Å²) in [5, 5.41) is 6.68. The maximum atomic E-state index is 5.51. The lowest BCUT2D eigenvalue weighted by Crippen LogP contribution is -2.39. The van der Waals surface area contributed by atoms with Crippen LogP contribution in [-0.4, -0.2) is 32.3 Å². The SMILES string of the molecule is CN=C(NCCCOC(C)C)NC(C)c1ccccc1. The first-order chi connectivity index (χ1) is 9.63. The Hall–Kier alpha value is -1.55. The smallest absolute Gasteiger partial charge is 0.191 e. The number of ether oxygens (including phenoxy) is 1. The van der Waals surface area contributed by atoms with Gasteiger partial charge in [0.15, 0.2) is 5.96 Å². The largest absolute Gasteiger partial charge is 0.379 e. The minimum atomic E-state index is 0.231. The van der Waals surface area contributed by atoms with E-state index in [4.69, 9.17) is 4.74 Å². The number of rotatable bonds is 7. The molecule has 0 radical (unpaired) electrons. The highest BCUT2D eigenvalue weighted by Gasteiger charge is 2.06. The first-order valence-corrected chi connectivity index (χ1v) is 7.27. The van der Waals surface area contributed by atoms with Gasteiger partial charge < -0.3 is 15.4 Å². The fourth-order valence-corrected chi connectivity index (χ4v) is 1.82. The molecule has 0 amide bonds. The monoisotopic (exact) mass is 277 g/mol. The maximum Gasteiger partial charge on any atom is 0.191 e. The zero-order valence-electron chi connectivity index (χ0n) is 13.0. The Balaban J connectivity index is 2.29. The van der Waals surface area contributed by atoms with Crippen LogP contribution < -0.4 is 10.6 Å². The second-order valence-electron chi connectivity index (χ2n) is 5.05. The van der Waals surface area contributed by atoms with Gasteiger partial charge in [0.05, 0.1) is 12.1 Å². The van der Waals surface area contributed by atoms with Gasteiger partial charge in [-0.2, -0.15) is 0 Å². The Kier molecular flexibility index (Phi) is 7.73. The van der Waals surface area contributed by atoms with Crippen molar-refractivity contribution in [2.45, 2.75) is 39.3 Å². The van der Waals surface area contributed by atoms with E-state index >= 15 is 0 Å². The third kappa shape index (κ3) is 6.57. The van der Waals surface area contributed by atoms with E-state index in [-0.39, 0.29) is 6.04 Å². The lowest BCUT2D eigenvalue weighted by atomic mass is 10.1. The molecule has 20 heavy (non-hydrogen) atoms. The fraction of sp³-hybridized carbons (Fsp3) is 0.562. The Labute approximate surface area is 122 Å². The third-order valence-electron chi connectivity index (χ3n) is 2.94. The number of nitrogens with one attached hydrogen (secondary N) is 2. The second-order valence-corrected chi connectivity index (χ2v) is 5.05. The number of benzene rings is 1. The van der Waals surface area contributed by atoms with Crippen molar-refractivity contribution < 1.29 is 4.74 Å². The van der Waals surface area contributed by atoms with Crippen molar-refractivity contribution in [3.05, 3.63) is 35.9 Å². The molecule has 0 saturated heterocycles. The lowest BCUT2D eigenvalue weighted by molar-refractivity contribution is 0.0776. The predicted octanol–water partition coefficient (Wildman–Crippen LogP) is 2.73. The predicted molar refractivity (Wildman–Crippen MR) is 85.1 cm³/mol. The molecule has 0 aliphatic rings. The van der Waals surface area contributed by atoms with E-state index < -0.39 is 0 Å². The van der Waals surface area contributed by atoms with E-state index in [9.17, 15) is 0 Å². The second kappa shape index (κ2) is 9.37. The van der Waals surface area contributed by atoms with Gasteiger partial charge in [0.2, 0.25) is 0 Å². The van der Waals surface area contributed by atoms with E-state index in [2.05, 4.69) is 48.5 Å². The molecule has 1 aromatic rings. The molecule has 4 nitrogen and oxygen atoms in total. The summed E-state index contributed by atoms with van der Waals surface area (Å²) in [6.07, 6.45) is 1.27. The number of guanidine groups is 1. The molecule has 1 unspecified atom stereocenters. The first-order valence-electron chi connectivity index (χ1n) is 7.27. The van der Waals surface area contributed by atoms with Crippen LogP contribution in [0.1, 0.15) is 38.8 Å². The standard InChI is InChI=1S/C16H27N3O/c1-13(2)20-12-8-11-18-16(17-4)19-14(3)15-9-6-5-7-10-15/h5-7,9-10,13-14H,8,11-12H2,1-4H3,(H2,17,18,19). The highest BCUT2D eigenvalue weighted by molar-refractivity contribution is 5.80. The van der Waals surface area contributed by atoms with E-state index in [0.29, 0.717) is 6.10 Å². The van der Waals surface area contributed by atoms with Crippen molar-refractivity contribution in [1.82, 2.24) is 10.6 Å². The summed E-state index contributed by atoms with van der Waals surface area (Å²) in [4.78, 5) is 4.24. The van der Waals surface area contributed by atoms with Crippen molar-refractivity contribution in [2.75, 3.05) is 20.2 Å². The summed E-state index contributed by atoms with van der Waals surface area (Å²) >= 11 is 0. The molecule has 0 fully saturated rings.